The molecule has 0 spiro atoms. The van der Waals surface area contributed by atoms with Gasteiger partial charge in [-0.25, -0.2) is 8.42 Å². The summed E-state index contributed by atoms with van der Waals surface area (Å²) < 4.78 is 26.1. The SMILES string of the molecule is CCS(=O)(=O)NC(C(=O)O)c1cnn(C)c1. The molecule has 1 aromatic rings. The lowest BCUT2D eigenvalue weighted by Crippen LogP contribution is -2.34. The van der Waals surface area contributed by atoms with E-state index in [1.165, 1.54) is 24.0 Å². The van der Waals surface area contributed by atoms with Crippen molar-refractivity contribution >= 4 is 16.0 Å². The molecule has 0 fully saturated rings. The summed E-state index contributed by atoms with van der Waals surface area (Å²) in [6.45, 7) is 1.44. The van der Waals surface area contributed by atoms with Crippen molar-refractivity contribution in [1.82, 2.24) is 14.5 Å². The van der Waals surface area contributed by atoms with E-state index in [0.717, 1.165) is 0 Å². The summed E-state index contributed by atoms with van der Waals surface area (Å²) in [5.74, 6) is -1.43. The van der Waals surface area contributed by atoms with Crippen molar-refractivity contribution in [3.05, 3.63) is 18.0 Å². The predicted molar refractivity (Wildman–Crippen MR) is 56.2 cm³/mol. The summed E-state index contributed by atoms with van der Waals surface area (Å²) in [7, 11) is -1.95. The van der Waals surface area contributed by atoms with Gasteiger partial charge in [0.25, 0.3) is 0 Å². The van der Waals surface area contributed by atoms with E-state index < -0.39 is 22.0 Å². The van der Waals surface area contributed by atoms with Crippen molar-refractivity contribution in [3.63, 3.8) is 0 Å². The van der Waals surface area contributed by atoms with Crippen LogP contribution in [0.4, 0.5) is 0 Å². The number of hydrogen-bond donors (Lipinski definition) is 2. The van der Waals surface area contributed by atoms with Crippen LogP contribution in [0.2, 0.25) is 0 Å². The quantitative estimate of drug-likeness (QED) is 0.729. The second kappa shape index (κ2) is 4.62. The molecular weight excluding hydrogens is 234 g/mol. The Morgan fingerprint density at radius 1 is 1.69 bits per heavy atom. The number of carbonyl (C=O) groups is 1. The molecule has 0 radical (unpaired) electrons. The number of aromatic nitrogens is 2. The Morgan fingerprint density at radius 3 is 2.69 bits per heavy atom. The normalized spacial score (nSPS) is 13.6. The first kappa shape index (κ1) is 12.7. The highest BCUT2D eigenvalue weighted by Gasteiger charge is 2.25. The van der Waals surface area contributed by atoms with Gasteiger partial charge in [-0.15, -0.1) is 0 Å². The predicted octanol–water partition coefficient (Wildman–Crippen LogP) is -0.515. The van der Waals surface area contributed by atoms with Crippen molar-refractivity contribution in [2.75, 3.05) is 5.75 Å². The van der Waals surface area contributed by atoms with E-state index in [2.05, 4.69) is 9.82 Å². The molecule has 0 bridgehead atoms. The smallest absolute Gasteiger partial charge is 0.326 e. The fraction of sp³-hybridized carbons (Fsp3) is 0.500. The van der Waals surface area contributed by atoms with Gasteiger partial charge in [0.1, 0.15) is 6.04 Å². The number of carboxylic acids is 1. The maximum Gasteiger partial charge on any atom is 0.326 e. The molecule has 0 aliphatic heterocycles. The van der Waals surface area contributed by atoms with Crippen LogP contribution in [0.1, 0.15) is 18.5 Å². The monoisotopic (exact) mass is 247 g/mol. The van der Waals surface area contributed by atoms with Gasteiger partial charge in [-0.2, -0.15) is 9.82 Å². The molecule has 0 saturated carbocycles. The van der Waals surface area contributed by atoms with E-state index in [-0.39, 0.29) is 5.75 Å². The number of sulfonamides is 1. The van der Waals surface area contributed by atoms with Crippen LogP contribution in [0, 0.1) is 0 Å². The molecule has 8 heteroatoms. The molecule has 0 aliphatic carbocycles. The Kier molecular flexibility index (Phi) is 3.66. The first-order valence-electron chi connectivity index (χ1n) is 4.57. The summed E-state index contributed by atoms with van der Waals surface area (Å²) >= 11 is 0. The molecule has 90 valence electrons. The lowest BCUT2D eigenvalue weighted by atomic mass is 10.2. The van der Waals surface area contributed by atoms with Crippen molar-refractivity contribution in [1.29, 1.82) is 0 Å². The zero-order valence-electron chi connectivity index (χ0n) is 8.91. The first-order chi connectivity index (χ1) is 7.35. The van der Waals surface area contributed by atoms with Gasteiger partial charge in [0.05, 0.1) is 11.9 Å². The topological polar surface area (TPSA) is 101 Å². The van der Waals surface area contributed by atoms with Gasteiger partial charge in [-0.3, -0.25) is 9.48 Å². The molecule has 16 heavy (non-hydrogen) atoms. The van der Waals surface area contributed by atoms with Gasteiger partial charge >= 0.3 is 5.97 Å². The molecule has 7 nitrogen and oxygen atoms in total. The van der Waals surface area contributed by atoms with Crippen LogP contribution in [-0.2, 0) is 21.9 Å². The molecule has 2 N–H and O–H groups in total. The Labute approximate surface area is 93.1 Å². The van der Waals surface area contributed by atoms with Gasteiger partial charge in [-0.1, -0.05) is 0 Å². The summed E-state index contributed by atoms with van der Waals surface area (Å²) in [4.78, 5) is 10.9. The molecule has 1 aromatic heterocycles. The molecule has 1 heterocycles. The van der Waals surface area contributed by atoms with Crippen molar-refractivity contribution in [3.8, 4) is 0 Å². The summed E-state index contributed by atoms with van der Waals surface area (Å²) in [5.41, 5.74) is 0.298. The molecule has 1 atom stereocenters. The summed E-state index contributed by atoms with van der Waals surface area (Å²) in [5, 5.41) is 12.7. The van der Waals surface area contributed by atoms with E-state index in [1.54, 1.807) is 7.05 Å². The average molecular weight is 247 g/mol. The van der Waals surface area contributed by atoms with Crippen LogP contribution in [0.3, 0.4) is 0 Å². The van der Waals surface area contributed by atoms with E-state index >= 15 is 0 Å². The van der Waals surface area contributed by atoms with Crippen LogP contribution in [0.15, 0.2) is 12.4 Å². The molecule has 0 aromatic carbocycles. The molecule has 0 saturated heterocycles. The van der Waals surface area contributed by atoms with E-state index in [9.17, 15) is 13.2 Å². The fourth-order valence-electron chi connectivity index (χ4n) is 1.11. The molecule has 1 unspecified atom stereocenters. The highest BCUT2D eigenvalue weighted by atomic mass is 32.2. The summed E-state index contributed by atoms with van der Waals surface area (Å²) in [6.07, 6.45) is 2.77. The molecule has 0 amide bonds. The van der Waals surface area contributed by atoms with Gasteiger partial charge in [0.15, 0.2) is 0 Å². The second-order valence-corrected chi connectivity index (χ2v) is 5.28. The zero-order chi connectivity index (χ0) is 12.3. The van der Waals surface area contributed by atoms with Crippen molar-refractivity contribution in [2.24, 2.45) is 7.05 Å². The molecule has 1 rings (SSSR count). The van der Waals surface area contributed by atoms with E-state index in [4.69, 9.17) is 5.11 Å². The largest absolute Gasteiger partial charge is 0.480 e. The standard InChI is InChI=1S/C8H13N3O4S/c1-3-16(14,15)10-7(8(12)13)6-4-9-11(2)5-6/h4-5,7,10H,3H2,1-2H3,(H,12,13). The number of nitrogens with zero attached hydrogens (tertiary/aromatic N) is 2. The lowest BCUT2D eigenvalue weighted by molar-refractivity contribution is -0.139. The number of aliphatic carboxylic acids is 1. The first-order valence-corrected chi connectivity index (χ1v) is 6.22. The second-order valence-electron chi connectivity index (χ2n) is 3.24. The third-order valence-electron chi connectivity index (χ3n) is 1.98. The molecular formula is C8H13N3O4S. The van der Waals surface area contributed by atoms with Crippen LogP contribution in [0.25, 0.3) is 0 Å². The minimum absolute atomic E-state index is 0.170. The van der Waals surface area contributed by atoms with Crippen LogP contribution >= 0.6 is 0 Å². The fourth-order valence-corrected chi connectivity index (χ4v) is 1.88. The maximum absolute atomic E-state index is 11.3. The Morgan fingerprint density at radius 2 is 2.31 bits per heavy atom. The van der Waals surface area contributed by atoms with Crippen LogP contribution in [-0.4, -0.2) is 35.0 Å². The number of aryl methyl sites for hydroxylation is 1. The van der Waals surface area contributed by atoms with E-state index in [1.807, 2.05) is 0 Å². The van der Waals surface area contributed by atoms with Gasteiger partial charge < -0.3 is 5.11 Å². The minimum Gasteiger partial charge on any atom is -0.480 e. The number of hydrogen-bond acceptors (Lipinski definition) is 4. The van der Waals surface area contributed by atoms with Crippen molar-refractivity contribution in [2.45, 2.75) is 13.0 Å². The summed E-state index contributed by atoms with van der Waals surface area (Å²) in [6, 6.07) is -1.29. The van der Waals surface area contributed by atoms with Gasteiger partial charge in [0.2, 0.25) is 10.0 Å². The van der Waals surface area contributed by atoms with Crippen LogP contribution in [0.5, 0.6) is 0 Å². The number of rotatable bonds is 5. The Balaban J connectivity index is 2.98. The molecule has 0 aliphatic rings. The van der Waals surface area contributed by atoms with E-state index in [0.29, 0.717) is 5.56 Å². The van der Waals surface area contributed by atoms with Crippen LogP contribution < -0.4 is 4.72 Å². The Bertz CT molecular complexity index is 479. The third-order valence-corrected chi connectivity index (χ3v) is 3.34. The lowest BCUT2D eigenvalue weighted by Gasteiger charge is -2.11. The number of nitrogens with one attached hydrogen (secondary N) is 1. The van der Waals surface area contributed by atoms with Gasteiger partial charge in [0, 0.05) is 18.8 Å². The van der Waals surface area contributed by atoms with Gasteiger partial charge in [-0.05, 0) is 6.92 Å². The Hall–Kier alpha value is -1.41. The van der Waals surface area contributed by atoms with Crippen molar-refractivity contribution < 1.29 is 18.3 Å². The zero-order valence-corrected chi connectivity index (χ0v) is 9.73. The third kappa shape index (κ3) is 3.04. The highest BCUT2D eigenvalue weighted by molar-refractivity contribution is 7.89. The number of carboxylic acid groups (broad SMARTS) is 1. The minimum atomic E-state index is -3.57. The highest BCUT2D eigenvalue weighted by Crippen LogP contribution is 2.13. The maximum atomic E-state index is 11.3. The average Bonchev–Trinajstić information content (AvgIpc) is 2.61.